The van der Waals surface area contributed by atoms with Crippen LogP contribution >= 0.6 is 0 Å². The van der Waals surface area contributed by atoms with Crippen LogP contribution in [0.4, 0.5) is 38.2 Å². The van der Waals surface area contributed by atoms with Crippen molar-refractivity contribution >= 4 is 11.9 Å². The van der Waals surface area contributed by atoms with Crippen molar-refractivity contribution < 1.29 is 46.0 Å². The SMILES string of the molecule is C#Cc1ccc(CCNc2ncc(C#N)c(C[C@@H]3CC[C@H](O)C(C)(C)C3)n2)cc1OC(F)(F)F.C#Cc1ccc(CCNc2ncc(C#N)c(C[C@@H]3C[C@H](O)C3(C)C)n2)cc1OC(F)(F)F. The second kappa shape index (κ2) is 21.1. The molecular weight excluding hydrogens is 867 g/mol. The van der Waals surface area contributed by atoms with Gasteiger partial charge in [0.05, 0.1) is 58.2 Å². The molecule has 0 spiro atoms. The summed E-state index contributed by atoms with van der Waals surface area (Å²) in [4.78, 5) is 17.3. The third-order valence-electron chi connectivity index (χ3n) is 12.1. The first-order valence-corrected chi connectivity index (χ1v) is 21.1. The highest BCUT2D eigenvalue weighted by molar-refractivity contribution is 5.48. The molecule has 2 fully saturated rings. The van der Waals surface area contributed by atoms with Crippen LogP contribution in [-0.4, -0.2) is 68.2 Å². The smallest absolute Gasteiger partial charge is 0.404 e. The molecule has 12 nitrogen and oxygen atoms in total. The monoisotopic (exact) mass is 916 g/mol. The Morgan fingerprint density at radius 1 is 0.712 bits per heavy atom. The second-order valence-corrected chi connectivity index (χ2v) is 17.6. The molecule has 6 rings (SSSR count). The second-order valence-electron chi connectivity index (χ2n) is 17.6. The Morgan fingerprint density at radius 2 is 1.18 bits per heavy atom. The molecule has 18 heteroatoms. The first kappa shape index (κ1) is 50.4. The van der Waals surface area contributed by atoms with Crippen LogP contribution in [0.2, 0.25) is 0 Å². The van der Waals surface area contributed by atoms with Gasteiger partial charge in [0.25, 0.3) is 0 Å². The van der Waals surface area contributed by atoms with Crippen molar-refractivity contribution in [2.45, 2.75) is 104 Å². The summed E-state index contributed by atoms with van der Waals surface area (Å²) < 4.78 is 83.7. The molecule has 2 heterocycles. The van der Waals surface area contributed by atoms with E-state index in [9.17, 15) is 47.1 Å². The molecule has 4 aromatic rings. The van der Waals surface area contributed by atoms with Gasteiger partial charge in [-0.25, -0.2) is 19.9 Å². The van der Waals surface area contributed by atoms with Crippen molar-refractivity contribution in [1.82, 2.24) is 19.9 Å². The maximum atomic E-state index is 12.6. The number of aliphatic hydroxyl groups is 2. The largest absolute Gasteiger partial charge is 0.573 e. The van der Waals surface area contributed by atoms with Crippen LogP contribution in [0.25, 0.3) is 0 Å². The Labute approximate surface area is 379 Å². The van der Waals surface area contributed by atoms with Gasteiger partial charge in [-0.05, 0) is 109 Å². The van der Waals surface area contributed by atoms with Gasteiger partial charge < -0.3 is 30.3 Å². The number of hydrogen-bond acceptors (Lipinski definition) is 12. The van der Waals surface area contributed by atoms with Gasteiger partial charge in [-0.1, -0.05) is 51.7 Å². The van der Waals surface area contributed by atoms with Gasteiger partial charge >= 0.3 is 12.7 Å². The van der Waals surface area contributed by atoms with Gasteiger partial charge in [-0.15, -0.1) is 39.2 Å². The van der Waals surface area contributed by atoms with Gasteiger partial charge in [0.2, 0.25) is 11.9 Å². The molecular formula is C48H50F6N8O4. The average molecular weight is 917 g/mol. The summed E-state index contributed by atoms with van der Waals surface area (Å²) in [6.07, 6.45) is 8.04. The molecule has 4 N–H and O–H groups in total. The van der Waals surface area contributed by atoms with E-state index in [-0.39, 0.29) is 40.1 Å². The maximum absolute atomic E-state index is 12.6. The number of nitriles is 2. The van der Waals surface area contributed by atoms with Crippen LogP contribution < -0.4 is 20.1 Å². The number of rotatable bonds is 14. The normalized spacial score (nSPS) is 19.5. The Hall–Kier alpha value is -6.60. The number of aromatic nitrogens is 4. The van der Waals surface area contributed by atoms with Gasteiger partial charge in [-0.3, -0.25) is 0 Å². The predicted octanol–water partition coefficient (Wildman–Crippen LogP) is 8.44. The molecule has 2 aliphatic carbocycles. The lowest BCUT2D eigenvalue weighted by Gasteiger charge is -2.49. The zero-order valence-electron chi connectivity index (χ0n) is 36.8. The van der Waals surface area contributed by atoms with Crippen LogP contribution in [0, 0.1) is 70.0 Å². The lowest BCUT2D eigenvalue weighted by Crippen LogP contribution is -2.50. The molecule has 2 aromatic heterocycles. The number of terminal acetylenes is 2. The minimum Gasteiger partial charge on any atom is -0.404 e. The molecule has 0 bridgehead atoms. The highest BCUT2D eigenvalue weighted by atomic mass is 19.4. The van der Waals surface area contributed by atoms with E-state index in [1.807, 2.05) is 27.7 Å². The third kappa shape index (κ3) is 13.7. The first-order chi connectivity index (χ1) is 31.0. The van der Waals surface area contributed by atoms with Crippen molar-refractivity contribution in [3.05, 3.63) is 93.6 Å². The van der Waals surface area contributed by atoms with E-state index in [0.29, 0.717) is 103 Å². The van der Waals surface area contributed by atoms with Gasteiger partial charge in [0.15, 0.2) is 0 Å². The number of hydrogen-bond donors (Lipinski definition) is 4. The third-order valence-corrected chi connectivity index (χ3v) is 12.1. The molecule has 0 aliphatic heterocycles. The summed E-state index contributed by atoms with van der Waals surface area (Å²) in [7, 11) is 0. The minimum absolute atomic E-state index is 0.0168. The number of aliphatic hydroxyl groups excluding tert-OH is 2. The Kier molecular flexibility index (Phi) is 16.1. The first-order valence-electron chi connectivity index (χ1n) is 21.1. The standard InChI is InChI=1S/C25H27F3N4O2.C23H23F3N4O2/c1-4-18-7-5-16(12-21(18)34-25(26,27)28)9-10-30-23-31-15-19(14-29)20(32-23)11-17-6-8-22(33)24(2,3)13-17;1-4-15-6-5-14(9-19(15)32-23(24,25)26)7-8-28-21-29-13-16(12-27)18(30-21)10-17-11-20(31)22(17,2)3/h1,5,7,12,15,17,22,33H,6,8-11,13H2,2-3H3,(H,30,31,32);1,5-6,9,13,17,20,31H,7-8,10-11H2,2-3H3,(H,28,29,30)/t17-,22-;17-,20+/m01/s1. The highest BCUT2D eigenvalue weighted by Gasteiger charge is 2.47. The number of halogens is 6. The molecule has 66 heavy (non-hydrogen) atoms. The number of anilines is 2. The Balaban J connectivity index is 0.000000248. The molecule has 0 saturated heterocycles. The molecule has 4 atom stereocenters. The van der Waals surface area contributed by atoms with E-state index >= 15 is 0 Å². The average Bonchev–Trinajstić information content (AvgIpc) is 3.24. The summed E-state index contributed by atoms with van der Waals surface area (Å²) in [6, 6.07) is 12.9. The fourth-order valence-electron chi connectivity index (χ4n) is 8.02. The van der Waals surface area contributed by atoms with Crippen LogP contribution in [-0.2, 0) is 25.7 Å². The van der Waals surface area contributed by atoms with Crippen LogP contribution in [0.1, 0.15) is 98.1 Å². The minimum atomic E-state index is -4.83. The van der Waals surface area contributed by atoms with E-state index in [4.69, 9.17) is 12.8 Å². The van der Waals surface area contributed by atoms with Gasteiger partial charge in [0, 0.05) is 13.1 Å². The predicted molar refractivity (Wildman–Crippen MR) is 232 cm³/mol. The quantitative estimate of drug-likeness (QED) is 0.0701. The van der Waals surface area contributed by atoms with E-state index in [1.165, 1.54) is 36.7 Å². The Morgan fingerprint density at radius 3 is 1.58 bits per heavy atom. The summed E-state index contributed by atoms with van der Waals surface area (Å²) in [5.74, 6) is 4.70. The number of ether oxygens (including phenoxy) is 2. The lowest BCUT2D eigenvalue weighted by molar-refractivity contribution is -0.275. The van der Waals surface area contributed by atoms with Crippen molar-refractivity contribution in [1.29, 1.82) is 10.5 Å². The zero-order chi connectivity index (χ0) is 48.5. The number of alkyl halides is 6. The summed E-state index contributed by atoms with van der Waals surface area (Å²) >= 11 is 0. The fourth-order valence-corrected chi connectivity index (χ4v) is 8.02. The van der Waals surface area contributed by atoms with E-state index in [1.54, 1.807) is 12.1 Å². The molecule has 348 valence electrons. The number of nitrogens with zero attached hydrogens (tertiary/aromatic N) is 6. The number of benzene rings is 2. The fraction of sp³-hybridized carbons (Fsp3) is 0.458. The highest BCUT2D eigenvalue weighted by Crippen LogP contribution is 2.48. The van der Waals surface area contributed by atoms with E-state index in [0.717, 1.165) is 12.8 Å². The molecule has 0 unspecified atom stereocenters. The van der Waals surface area contributed by atoms with Crippen molar-refractivity contribution in [3.8, 4) is 48.3 Å². The molecule has 2 aromatic carbocycles. The molecule has 2 aliphatic rings. The van der Waals surface area contributed by atoms with Crippen LogP contribution in [0.15, 0.2) is 48.8 Å². The van der Waals surface area contributed by atoms with Crippen LogP contribution in [0.3, 0.4) is 0 Å². The zero-order valence-corrected chi connectivity index (χ0v) is 36.8. The molecule has 2 saturated carbocycles. The van der Waals surface area contributed by atoms with Crippen molar-refractivity contribution in [3.63, 3.8) is 0 Å². The Bertz CT molecular complexity index is 2520. The lowest BCUT2D eigenvalue weighted by atomic mass is 9.58. The molecule has 0 amide bonds. The van der Waals surface area contributed by atoms with Gasteiger partial charge in [-0.2, -0.15) is 10.5 Å². The number of nitrogens with one attached hydrogen (secondary N) is 2. The molecule has 0 radical (unpaired) electrons. The summed E-state index contributed by atoms with van der Waals surface area (Å²) in [5.41, 5.74) is 2.85. The van der Waals surface area contributed by atoms with Gasteiger partial charge in [0.1, 0.15) is 23.6 Å². The van der Waals surface area contributed by atoms with Crippen molar-refractivity contribution in [2.24, 2.45) is 22.7 Å². The van der Waals surface area contributed by atoms with Crippen molar-refractivity contribution in [2.75, 3.05) is 23.7 Å². The summed E-state index contributed by atoms with van der Waals surface area (Å²) in [5, 5.41) is 45.1. The van der Waals surface area contributed by atoms with E-state index in [2.05, 4.69) is 64.0 Å². The maximum Gasteiger partial charge on any atom is 0.573 e. The topological polar surface area (TPSA) is 182 Å². The van der Waals surface area contributed by atoms with E-state index < -0.39 is 24.2 Å². The summed E-state index contributed by atoms with van der Waals surface area (Å²) in [6.45, 7) is 8.77. The van der Waals surface area contributed by atoms with Crippen LogP contribution in [0.5, 0.6) is 11.5 Å².